The van der Waals surface area contributed by atoms with Crippen molar-refractivity contribution >= 4 is 33.2 Å². The van der Waals surface area contributed by atoms with Gasteiger partial charge in [0.25, 0.3) is 5.56 Å². The molecule has 2 amide bonds. The number of aromatic nitrogens is 1. The molecule has 1 spiro atoms. The molecule has 10 nitrogen and oxygen atoms in total. The number of anilines is 2. The quantitative estimate of drug-likeness (QED) is 0.530. The van der Waals surface area contributed by atoms with Gasteiger partial charge in [-0.15, -0.1) is 0 Å². The van der Waals surface area contributed by atoms with E-state index in [0.29, 0.717) is 31.4 Å². The Morgan fingerprint density at radius 3 is 2.61 bits per heavy atom. The van der Waals surface area contributed by atoms with Gasteiger partial charge in [0.15, 0.2) is 0 Å². The molecule has 0 unspecified atom stereocenters. The summed E-state index contributed by atoms with van der Waals surface area (Å²) in [6.07, 6.45) is 3.68. The molecule has 1 aromatic heterocycles. The van der Waals surface area contributed by atoms with Crippen molar-refractivity contribution in [3.05, 3.63) is 58.5 Å². The van der Waals surface area contributed by atoms with Crippen LogP contribution in [0.5, 0.6) is 0 Å². The summed E-state index contributed by atoms with van der Waals surface area (Å²) < 4.78 is 28.7. The second-order valence-corrected chi connectivity index (χ2v) is 12.8. The lowest BCUT2D eigenvalue weighted by molar-refractivity contribution is -0.135. The van der Waals surface area contributed by atoms with Crippen LogP contribution in [0, 0.1) is 17.2 Å². The van der Waals surface area contributed by atoms with E-state index in [9.17, 15) is 28.1 Å². The molecule has 1 saturated carbocycles. The molecular formula is C27H31N5O5S. The van der Waals surface area contributed by atoms with Gasteiger partial charge in [0.1, 0.15) is 17.8 Å². The number of benzene rings is 1. The van der Waals surface area contributed by atoms with Crippen molar-refractivity contribution in [2.24, 2.45) is 5.92 Å². The summed E-state index contributed by atoms with van der Waals surface area (Å²) in [6, 6.07) is 10.6. The lowest BCUT2D eigenvalue weighted by Gasteiger charge is -2.28. The normalized spacial score (nSPS) is 23.3. The number of nitrogens with zero attached hydrogens (tertiary/aromatic N) is 3. The fourth-order valence-electron chi connectivity index (χ4n) is 5.50. The van der Waals surface area contributed by atoms with Gasteiger partial charge in [-0.1, -0.05) is 32.0 Å². The summed E-state index contributed by atoms with van der Waals surface area (Å²) in [7, 11) is -3.68. The van der Waals surface area contributed by atoms with Crippen molar-refractivity contribution in [1.82, 2.24) is 9.47 Å². The molecule has 0 bridgehead atoms. The van der Waals surface area contributed by atoms with Gasteiger partial charge in [-0.25, -0.2) is 8.42 Å². The Morgan fingerprint density at radius 1 is 1.18 bits per heavy atom. The van der Waals surface area contributed by atoms with E-state index < -0.39 is 44.2 Å². The molecule has 2 aromatic rings. The number of nitrogens with one attached hydrogen (secondary N) is 2. The van der Waals surface area contributed by atoms with Gasteiger partial charge in [-0.2, -0.15) is 5.26 Å². The summed E-state index contributed by atoms with van der Waals surface area (Å²) in [5.41, 5.74) is -0.340. The fraction of sp³-hybridized carbons (Fsp3) is 0.481. The van der Waals surface area contributed by atoms with Crippen LogP contribution < -0.4 is 15.6 Å². The summed E-state index contributed by atoms with van der Waals surface area (Å²) in [5, 5.41) is 12.4. The summed E-state index contributed by atoms with van der Waals surface area (Å²) in [5.74, 6) is -0.445. The van der Waals surface area contributed by atoms with E-state index in [0.717, 1.165) is 5.56 Å². The van der Waals surface area contributed by atoms with E-state index in [1.54, 1.807) is 6.07 Å². The molecule has 2 aliphatic heterocycles. The highest BCUT2D eigenvalue weighted by atomic mass is 32.2. The Labute approximate surface area is 221 Å². The highest BCUT2D eigenvalue weighted by Crippen LogP contribution is 2.46. The van der Waals surface area contributed by atoms with Crippen LogP contribution in [0.1, 0.15) is 57.6 Å². The predicted octanol–water partition coefficient (Wildman–Crippen LogP) is 2.74. The van der Waals surface area contributed by atoms with Crippen molar-refractivity contribution in [3.8, 4) is 6.07 Å². The smallest absolute Gasteiger partial charge is 0.275 e. The lowest BCUT2D eigenvalue weighted by Crippen LogP contribution is -2.45. The zero-order valence-corrected chi connectivity index (χ0v) is 22.2. The van der Waals surface area contributed by atoms with Gasteiger partial charge in [0.05, 0.1) is 16.7 Å². The van der Waals surface area contributed by atoms with Crippen molar-refractivity contribution in [1.29, 1.82) is 5.26 Å². The first-order valence-corrected chi connectivity index (χ1v) is 14.5. The molecule has 1 saturated heterocycles. The summed E-state index contributed by atoms with van der Waals surface area (Å²) in [6.45, 7) is 4.04. The van der Waals surface area contributed by atoms with Crippen LogP contribution in [0.25, 0.3) is 0 Å². The third kappa shape index (κ3) is 4.47. The third-order valence-electron chi connectivity index (χ3n) is 7.74. The van der Waals surface area contributed by atoms with Crippen LogP contribution in [-0.4, -0.2) is 47.5 Å². The minimum absolute atomic E-state index is 0.0217. The van der Waals surface area contributed by atoms with Crippen molar-refractivity contribution < 1.29 is 18.0 Å². The van der Waals surface area contributed by atoms with Crippen LogP contribution in [0.2, 0.25) is 0 Å². The highest BCUT2D eigenvalue weighted by Gasteiger charge is 2.56. The molecule has 3 heterocycles. The molecule has 1 aromatic carbocycles. The molecule has 11 heteroatoms. The number of likely N-dealkylation sites (tertiary alicyclic amines) is 1. The third-order valence-corrected chi connectivity index (χ3v) is 9.60. The van der Waals surface area contributed by atoms with E-state index >= 15 is 0 Å². The average molecular weight is 538 g/mol. The van der Waals surface area contributed by atoms with E-state index in [4.69, 9.17) is 0 Å². The predicted molar refractivity (Wildman–Crippen MR) is 142 cm³/mol. The molecule has 5 rings (SSSR count). The summed E-state index contributed by atoms with van der Waals surface area (Å²) >= 11 is 0. The number of carbonyl (C=O) groups excluding carboxylic acids is 2. The SMILES string of the molecule is CC(C)CC[C@@H](C(=O)N1C[C@]2(C[C@H]1C#N)C(=O)Nc1ccccc12)n1cccc(NS(=O)(=O)C2CC2)c1=O. The highest BCUT2D eigenvalue weighted by molar-refractivity contribution is 7.93. The topological polar surface area (TPSA) is 141 Å². The Morgan fingerprint density at radius 2 is 1.92 bits per heavy atom. The second kappa shape index (κ2) is 9.58. The van der Waals surface area contributed by atoms with Gasteiger partial charge in [0, 0.05) is 24.8 Å². The Balaban J connectivity index is 1.50. The van der Waals surface area contributed by atoms with Crippen LogP contribution >= 0.6 is 0 Å². The number of para-hydroxylation sites is 1. The maximum atomic E-state index is 14.1. The van der Waals surface area contributed by atoms with Crippen LogP contribution in [0.3, 0.4) is 0 Å². The Kier molecular flexibility index (Phi) is 6.55. The molecule has 2 N–H and O–H groups in total. The van der Waals surface area contributed by atoms with Gasteiger partial charge < -0.3 is 14.8 Å². The molecule has 38 heavy (non-hydrogen) atoms. The molecular weight excluding hydrogens is 506 g/mol. The number of hydrogen-bond acceptors (Lipinski definition) is 6. The number of nitriles is 1. The van der Waals surface area contributed by atoms with E-state index in [-0.39, 0.29) is 30.5 Å². The molecule has 0 radical (unpaired) electrons. The molecule has 3 aliphatic rings. The monoisotopic (exact) mass is 537 g/mol. The maximum absolute atomic E-state index is 14.1. The zero-order chi connectivity index (χ0) is 27.2. The van der Waals surface area contributed by atoms with Gasteiger partial charge >= 0.3 is 0 Å². The van der Waals surface area contributed by atoms with Crippen molar-refractivity contribution in [2.75, 3.05) is 16.6 Å². The van der Waals surface area contributed by atoms with E-state index in [2.05, 4.69) is 16.1 Å². The van der Waals surface area contributed by atoms with Crippen LogP contribution in [0.4, 0.5) is 11.4 Å². The number of rotatable bonds is 8. The number of carbonyl (C=O) groups is 2. The van der Waals surface area contributed by atoms with E-state index in [1.165, 1.54) is 27.8 Å². The first kappa shape index (κ1) is 26.0. The number of amides is 2. The molecule has 2 fully saturated rings. The zero-order valence-electron chi connectivity index (χ0n) is 21.4. The van der Waals surface area contributed by atoms with Crippen molar-refractivity contribution in [2.45, 2.75) is 68.7 Å². The molecule has 200 valence electrons. The molecule has 1 aliphatic carbocycles. The lowest BCUT2D eigenvalue weighted by atomic mass is 9.80. The van der Waals surface area contributed by atoms with Crippen LogP contribution in [0.15, 0.2) is 47.4 Å². The number of pyridine rings is 1. The van der Waals surface area contributed by atoms with Crippen LogP contribution in [-0.2, 0) is 25.0 Å². The fourth-order valence-corrected chi connectivity index (χ4v) is 6.88. The van der Waals surface area contributed by atoms with Crippen molar-refractivity contribution in [3.63, 3.8) is 0 Å². The second-order valence-electron chi connectivity index (χ2n) is 10.9. The maximum Gasteiger partial charge on any atom is 0.275 e. The summed E-state index contributed by atoms with van der Waals surface area (Å²) in [4.78, 5) is 42.1. The van der Waals surface area contributed by atoms with Gasteiger partial charge in [0.2, 0.25) is 21.8 Å². The number of hydrogen-bond donors (Lipinski definition) is 2. The first-order chi connectivity index (χ1) is 18.1. The number of fused-ring (bicyclic) bond motifs is 2. The van der Waals surface area contributed by atoms with Gasteiger partial charge in [-0.3, -0.25) is 19.1 Å². The first-order valence-electron chi connectivity index (χ1n) is 12.9. The number of sulfonamides is 1. The Hall–Kier alpha value is -3.65. The average Bonchev–Trinajstić information content (AvgIpc) is 3.62. The minimum Gasteiger partial charge on any atom is -0.325 e. The Bertz CT molecular complexity index is 1490. The largest absolute Gasteiger partial charge is 0.325 e. The van der Waals surface area contributed by atoms with E-state index in [1.807, 2.05) is 32.0 Å². The standard InChI is InChI=1S/C27H31N5O5S/c1-17(2)9-12-23(31-13-5-8-22(24(31)33)30-38(36,37)19-10-11-19)25(34)32-16-27(14-18(32)15-28)20-6-3-4-7-21(20)29-26(27)35/h3-8,13,17-19,23,30H,9-12,14,16H2,1-2H3,(H,29,35)/t18-,23-,27-/m0/s1. The van der Waals surface area contributed by atoms with Gasteiger partial charge in [-0.05, 0) is 55.4 Å². The minimum atomic E-state index is -3.68. The molecule has 3 atom stereocenters.